The Morgan fingerprint density at radius 1 is 1.23 bits per heavy atom. The van der Waals surface area contributed by atoms with Crippen LogP contribution in [0.4, 0.5) is 9.18 Å². The SMILES string of the molecule is CC(C)(C)OC(=O)NC(Cc1ccc(Br)cc1)C1CC(Cc2ccccc2F)C(=O)O1. The van der Waals surface area contributed by atoms with Gasteiger partial charge in [-0.1, -0.05) is 46.3 Å². The molecule has 1 N–H and O–H groups in total. The summed E-state index contributed by atoms with van der Waals surface area (Å²) in [6, 6.07) is 13.7. The highest BCUT2D eigenvalue weighted by atomic mass is 79.9. The van der Waals surface area contributed by atoms with E-state index in [-0.39, 0.29) is 18.2 Å². The summed E-state index contributed by atoms with van der Waals surface area (Å²) in [5.74, 6) is -1.17. The van der Waals surface area contributed by atoms with Crippen molar-refractivity contribution in [2.75, 3.05) is 0 Å². The first kappa shape index (κ1) is 23.3. The minimum absolute atomic E-state index is 0.263. The van der Waals surface area contributed by atoms with Gasteiger partial charge >= 0.3 is 12.1 Å². The van der Waals surface area contributed by atoms with E-state index in [1.165, 1.54) is 6.07 Å². The molecule has 1 saturated heterocycles. The molecule has 0 radical (unpaired) electrons. The molecule has 1 fully saturated rings. The Bertz CT molecular complexity index is 926. The lowest BCUT2D eigenvalue weighted by molar-refractivity contribution is -0.145. The van der Waals surface area contributed by atoms with Crippen LogP contribution in [0.2, 0.25) is 0 Å². The Morgan fingerprint density at radius 2 is 1.90 bits per heavy atom. The largest absolute Gasteiger partial charge is 0.460 e. The van der Waals surface area contributed by atoms with Crippen LogP contribution in [-0.2, 0) is 27.1 Å². The monoisotopic (exact) mass is 491 g/mol. The average Bonchev–Trinajstić information content (AvgIpc) is 3.04. The van der Waals surface area contributed by atoms with E-state index in [0.717, 1.165) is 10.0 Å². The molecule has 0 aromatic heterocycles. The first-order valence-electron chi connectivity index (χ1n) is 10.3. The Labute approximate surface area is 190 Å². The van der Waals surface area contributed by atoms with Gasteiger partial charge in [0.05, 0.1) is 12.0 Å². The predicted octanol–water partition coefficient (Wildman–Crippen LogP) is 5.20. The van der Waals surface area contributed by atoms with Crippen molar-refractivity contribution < 1.29 is 23.5 Å². The molecule has 1 aliphatic heterocycles. The fourth-order valence-corrected chi connectivity index (χ4v) is 3.89. The molecule has 0 saturated carbocycles. The first-order chi connectivity index (χ1) is 14.6. The molecule has 31 heavy (non-hydrogen) atoms. The molecular weight excluding hydrogens is 465 g/mol. The summed E-state index contributed by atoms with van der Waals surface area (Å²) in [5, 5.41) is 2.87. The highest BCUT2D eigenvalue weighted by Crippen LogP contribution is 2.29. The maximum absolute atomic E-state index is 14.0. The molecule has 166 valence electrons. The molecule has 0 aliphatic carbocycles. The minimum Gasteiger partial charge on any atom is -0.460 e. The summed E-state index contributed by atoms with van der Waals surface area (Å²) in [6.07, 6.45) is 0.0317. The van der Waals surface area contributed by atoms with Gasteiger partial charge in [-0.15, -0.1) is 0 Å². The molecule has 7 heteroatoms. The average molecular weight is 492 g/mol. The molecule has 1 amide bonds. The predicted molar refractivity (Wildman–Crippen MR) is 119 cm³/mol. The molecule has 1 aliphatic rings. The topological polar surface area (TPSA) is 64.6 Å². The number of hydrogen-bond donors (Lipinski definition) is 1. The Balaban J connectivity index is 1.74. The van der Waals surface area contributed by atoms with E-state index < -0.39 is 29.8 Å². The van der Waals surface area contributed by atoms with Gasteiger partial charge in [0.25, 0.3) is 0 Å². The highest BCUT2D eigenvalue weighted by molar-refractivity contribution is 9.10. The van der Waals surface area contributed by atoms with Crippen molar-refractivity contribution in [3.05, 3.63) is 69.9 Å². The van der Waals surface area contributed by atoms with E-state index >= 15 is 0 Å². The quantitative estimate of drug-likeness (QED) is 0.564. The number of esters is 1. The van der Waals surface area contributed by atoms with Crippen molar-refractivity contribution >= 4 is 28.0 Å². The van der Waals surface area contributed by atoms with Gasteiger partial charge in [0.1, 0.15) is 17.5 Å². The van der Waals surface area contributed by atoms with Crippen LogP contribution in [-0.4, -0.2) is 29.8 Å². The lowest BCUT2D eigenvalue weighted by Gasteiger charge is -2.26. The molecule has 3 atom stereocenters. The van der Waals surface area contributed by atoms with Crippen LogP contribution in [0.15, 0.2) is 53.0 Å². The zero-order valence-electron chi connectivity index (χ0n) is 17.9. The number of alkyl carbamates (subject to hydrolysis) is 1. The van der Waals surface area contributed by atoms with Crippen LogP contribution in [0.1, 0.15) is 38.3 Å². The summed E-state index contributed by atoms with van der Waals surface area (Å²) in [6.45, 7) is 5.36. The summed E-state index contributed by atoms with van der Waals surface area (Å²) in [5.41, 5.74) is 0.818. The molecule has 0 spiro atoms. The van der Waals surface area contributed by atoms with Gasteiger partial charge in [0.15, 0.2) is 0 Å². The van der Waals surface area contributed by atoms with Crippen molar-refractivity contribution in [2.24, 2.45) is 5.92 Å². The number of halogens is 2. The highest BCUT2D eigenvalue weighted by Gasteiger charge is 2.40. The fourth-order valence-electron chi connectivity index (χ4n) is 3.62. The van der Waals surface area contributed by atoms with Crippen molar-refractivity contribution in [1.82, 2.24) is 5.32 Å². The third kappa shape index (κ3) is 6.79. The maximum atomic E-state index is 14.0. The van der Waals surface area contributed by atoms with Gasteiger partial charge < -0.3 is 14.8 Å². The summed E-state index contributed by atoms with van der Waals surface area (Å²) in [4.78, 5) is 25.0. The summed E-state index contributed by atoms with van der Waals surface area (Å²) < 4.78 is 26.0. The molecular formula is C24H27BrFNO4. The van der Waals surface area contributed by atoms with Crippen LogP contribution in [0.5, 0.6) is 0 Å². The Morgan fingerprint density at radius 3 is 2.55 bits per heavy atom. The number of amides is 1. The van der Waals surface area contributed by atoms with Crippen LogP contribution in [0.25, 0.3) is 0 Å². The number of rotatable bonds is 6. The number of carbonyl (C=O) groups is 2. The van der Waals surface area contributed by atoms with Crippen LogP contribution < -0.4 is 5.32 Å². The van der Waals surface area contributed by atoms with Crippen LogP contribution in [0.3, 0.4) is 0 Å². The van der Waals surface area contributed by atoms with E-state index in [0.29, 0.717) is 18.4 Å². The smallest absolute Gasteiger partial charge is 0.408 e. The molecule has 1 heterocycles. The number of hydrogen-bond acceptors (Lipinski definition) is 4. The lowest BCUT2D eigenvalue weighted by Crippen LogP contribution is -2.46. The number of nitrogens with one attached hydrogen (secondary N) is 1. The lowest BCUT2D eigenvalue weighted by atomic mass is 9.92. The van der Waals surface area contributed by atoms with Crippen LogP contribution in [0, 0.1) is 11.7 Å². The fraction of sp³-hybridized carbons (Fsp3) is 0.417. The number of cyclic esters (lactones) is 1. The Hall–Kier alpha value is -2.41. The molecule has 2 aromatic carbocycles. The number of carbonyl (C=O) groups excluding carboxylic acids is 2. The maximum Gasteiger partial charge on any atom is 0.408 e. The number of ether oxygens (including phenoxy) is 2. The molecule has 5 nitrogen and oxygen atoms in total. The van der Waals surface area contributed by atoms with E-state index in [1.807, 2.05) is 24.3 Å². The van der Waals surface area contributed by atoms with E-state index in [4.69, 9.17) is 9.47 Å². The Kier molecular flexibility index (Phi) is 7.36. The van der Waals surface area contributed by atoms with E-state index in [2.05, 4.69) is 21.2 Å². The normalized spacial score (nSPS) is 19.6. The zero-order chi connectivity index (χ0) is 22.6. The first-order valence-corrected chi connectivity index (χ1v) is 11.1. The van der Waals surface area contributed by atoms with Gasteiger partial charge in [-0.2, -0.15) is 0 Å². The van der Waals surface area contributed by atoms with Crippen molar-refractivity contribution in [3.8, 4) is 0 Å². The van der Waals surface area contributed by atoms with E-state index in [1.54, 1.807) is 39.0 Å². The van der Waals surface area contributed by atoms with E-state index in [9.17, 15) is 14.0 Å². The molecule has 2 aromatic rings. The van der Waals surface area contributed by atoms with Crippen molar-refractivity contribution in [1.29, 1.82) is 0 Å². The second-order valence-electron chi connectivity index (χ2n) is 8.79. The second-order valence-corrected chi connectivity index (χ2v) is 9.70. The summed E-state index contributed by atoms with van der Waals surface area (Å²) in [7, 11) is 0. The van der Waals surface area contributed by atoms with Crippen LogP contribution >= 0.6 is 15.9 Å². The summed E-state index contributed by atoms with van der Waals surface area (Å²) >= 11 is 3.41. The van der Waals surface area contributed by atoms with Gasteiger partial charge in [-0.05, 0) is 62.9 Å². The zero-order valence-corrected chi connectivity index (χ0v) is 19.4. The van der Waals surface area contributed by atoms with Gasteiger partial charge in [0, 0.05) is 10.9 Å². The third-order valence-electron chi connectivity index (χ3n) is 5.06. The third-order valence-corrected chi connectivity index (χ3v) is 5.59. The van der Waals surface area contributed by atoms with Gasteiger partial charge in [0.2, 0.25) is 0 Å². The standard InChI is InChI=1S/C24H27BrFNO4/c1-24(2,3)31-23(29)27-20(12-15-8-10-18(25)11-9-15)21-14-17(22(28)30-21)13-16-6-4-5-7-19(16)26/h4-11,17,20-21H,12-14H2,1-3H3,(H,27,29). The van der Waals surface area contributed by atoms with Gasteiger partial charge in [-0.25, -0.2) is 9.18 Å². The second kappa shape index (κ2) is 9.81. The minimum atomic E-state index is -0.647. The van der Waals surface area contributed by atoms with Gasteiger partial charge in [-0.3, -0.25) is 4.79 Å². The van der Waals surface area contributed by atoms with Crippen molar-refractivity contribution in [3.63, 3.8) is 0 Å². The number of benzene rings is 2. The molecule has 3 unspecified atom stereocenters. The molecule has 3 rings (SSSR count). The van der Waals surface area contributed by atoms with Crippen molar-refractivity contribution in [2.45, 2.75) is 57.8 Å². The molecule has 0 bridgehead atoms.